The Kier molecular flexibility index (Phi) is 10.9. The number of carbonyl (C=O) groups is 1. The average Bonchev–Trinajstić information content (AvgIpc) is 2.36. The molecule has 0 aliphatic rings. The summed E-state index contributed by atoms with van der Waals surface area (Å²) in [6.07, 6.45) is 11.0. The summed E-state index contributed by atoms with van der Waals surface area (Å²) in [5, 5.41) is 18.1. The van der Waals surface area contributed by atoms with Gasteiger partial charge in [-0.15, -0.1) is 0 Å². The highest BCUT2D eigenvalue weighted by molar-refractivity contribution is 5.69. The van der Waals surface area contributed by atoms with Crippen molar-refractivity contribution in [1.29, 1.82) is 0 Å². The number of aliphatic hydroxyl groups is 2. The summed E-state index contributed by atoms with van der Waals surface area (Å²) in [5.41, 5.74) is 0. The third kappa shape index (κ3) is 12.2. The smallest absolute Gasteiger partial charge is 0.308 e. The summed E-state index contributed by atoms with van der Waals surface area (Å²) in [6.45, 7) is 2.92. The Labute approximate surface area is 117 Å². The zero-order valence-corrected chi connectivity index (χ0v) is 12.5. The Morgan fingerprint density at radius 2 is 1.47 bits per heavy atom. The second-order valence-corrected chi connectivity index (χ2v) is 5.39. The number of ether oxygens (including phenoxy) is 1. The number of carbonyl (C=O) groups excluding carboxylic acids is 1. The van der Waals surface area contributed by atoms with Gasteiger partial charge in [0.25, 0.3) is 0 Å². The van der Waals surface area contributed by atoms with E-state index in [4.69, 9.17) is 9.84 Å². The van der Waals surface area contributed by atoms with Crippen molar-refractivity contribution in [3.63, 3.8) is 0 Å². The van der Waals surface area contributed by atoms with Gasteiger partial charge in [0.05, 0.1) is 0 Å². The minimum absolute atomic E-state index is 0.311. The molecule has 0 heterocycles. The van der Waals surface area contributed by atoms with E-state index in [-0.39, 0.29) is 0 Å². The SMILES string of the molecule is CCCCCCCCCCCC(=O)OC(C)(O)CO. The zero-order valence-electron chi connectivity index (χ0n) is 12.5. The molecule has 1 unspecified atom stereocenters. The first-order valence-corrected chi connectivity index (χ1v) is 7.57. The maximum Gasteiger partial charge on any atom is 0.308 e. The topological polar surface area (TPSA) is 66.8 Å². The Morgan fingerprint density at radius 1 is 1.00 bits per heavy atom. The van der Waals surface area contributed by atoms with Crippen LogP contribution in [-0.2, 0) is 9.53 Å². The molecular formula is C15H30O4. The van der Waals surface area contributed by atoms with Crippen LogP contribution in [0.15, 0.2) is 0 Å². The molecule has 4 heteroatoms. The minimum atomic E-state index is -1.74. The van der Waals surface area contributed by atoms with Crippen LogP contribution in [0.3, 0.4) is 0 Å². The summed E-state index contributed by atoms with van der Waals surface area (Å²) in [6, 6.07) is 0. The van der Waals surface area contributed by atoms with Gasteiger partial charge in [-0.05, 0) is 6.42 Å². The molecule has 0 aromatic carbocycles. The first-order valence-electron chi connectivity index (χ1n) is 7.57. The molecule has 0 aromatic rings. The van der Waals surface area contributed by atoms with E-state index in [2.05, 4.69) is 6.92 Å². The molecule has 0 aliphatic carbocycles. The molecule has 19 heavy (non-hydrogen) atoms. The standard InChI is InChI=1S/C15H30O4/c1-3-4-5-6-7-8-9-10-11-12-14(17)19-15(2,18)13-16/h16,18H,3-13H2,1-2H3. The summed E-state index contributed by atoms with van der Waals surface area (Å²) in [4.78, 5) is 11.3. The van der Waals surface area contributed by atoms with Crippen LogP contribution < -0.4 is 0 Å². The van der Waals surface area contributed by atoms with Crippen molar-refractivity contribution >= 4 is 5.97 Å². The van der Waals surface area contributed by atoms with Crippen molar-refractivity contribution in [3.8, 4) is 0 Å². The van der Waals surface area contributed by atoms with E-state index >= 15 is 0 Å². The zero-order chi connectivity index (χ0) is 14.6. The van der Waals surface area contributed by atoms with E-state index in [0.29, 0.717) is 6.42 Å². The molecule has 2 N–H and O–H groups in total. The molecular weight excluding hydrogens is 244 g/mol. The molecule has 0 saturated carbocycles. The Hall–Kier alpha value is -0.610. The van der Waals surface area contributed by atoms with Crippen molar-refractivity contribution < 1.29 is 19.7 Å². The number of aliphatic hydroxyl groups excluding tert-OH is 1. The molecule has 0 radical (unpaired) electrons. The van der Waals surface area contributed by atoms with Gasteiger partial charge < -0.3 is 14.9 Å². The highest BCUT2D eigenvalue weighted by atomic mass is 16.7. The number of hydrogen-bond acceptors (Lipinski definition) is 4. The van der Waals surface area contributed by atoms with Crippen LogP contribution in [0.1, 0.15) is 78.1 Å². The lowest BCUT2D eigenvalue weighted by atomic mass is 10.1. The number of esters is 1. The molecule has 0 bridgehead atoms. The van der Waals surface area contributed by atoms with Crippen molar-refractivity contribution in [2.24, 2.45) is 0 Å². The fourth-order valence-electron chi connectivity index (χ4n) is 1.91. The van der Waals surface area contributed by atoms with Crippen molar-refractivity contribution in [2.75, 3.05) is 6.61 Å². The van der Waals surface area contributed by atoms with Gasteiger partial charge in [0.2, 0.25) is 5.79 Å². The monoisotopic (exact) mass is 274 g/mol. The molecule has 0 amide bonds. The number of rotatable bonds is 12. The van der Waals surface area contributed by atoms with Gasteiger partial charge in [-0.1, -0.05) is 58.3 Å². The fourth-order valence-corrected chi connectivity index (χ4v) is 1.91. The van der Waals surface area contributed by atoms with Crippen molar-refractivity contribution in [3.05, 3.63) is 0 Å². The van der Waals surface area contributed by atoms with Crippen LogP contribution in [0.25, 0.3) is 0 Å². The highest BCUT2D eigenvalue weighted by Gasteiger charge is 2.23. The average molecular weight is 274 g/mol. The van der Waals surface area contributed by atoms with Crippen molar-refractivity contribution in [2.45, 2.75) is 83.8 Å². The normalized spacial score (nSPS) is 14.1. The maximum atomic E-state index is 11.3. The summed E-state index contributed by atoms with van der Waals surface area (Å²) < 4.78 is 4.73. The summed E-state index contributed by atoms with van der Waals surface area (Å²) in [5.74, 6) is -2.18. The molecule has 0 fully saturated rings. The molecule has 0 saturated heterocycles. The summed E-state index contributed by atoms with van der Waals surface area (Å²) >= 11 is 0. The third-order valence-electron chi connectivity index (χ3n) is 3.11. The Bertz CT molecular complexity index is 226. The van der Waals surface area contributed by atoms with Crippen LogP contribution in [0.5, 0.6) is 0 Å². The third-order valence-corrected chi connectivity index (χ3v) is 3.11. The quantitative estimate of drug-likeness (QED) is 0.326. The van der Waals surface area contributed by atoms with E-state index in [1.54, 1.807) is 0 Å². The van der Waals surface area contributed by atoms with Gasteiger partial charge in [0.1, 0.15) is 6.61 Å². The second kappa shape index (κ2) is 11.2. The largest absolute Gasteiger partial charge is 0.431 e. The highest BCUT2D eigenvalue weighted by Crippen LogP contribution is 2.12. The van der Waals surface area contributed by atoms with E-state index in [1.807, 2.05) is 0 Å². The Morgan fingerprint density at radius 3 is 1.95 bits per heavy atom. The number of unbranched alkanes of at least 4 members (excludes halogenated alkanes) is 8. The first-order chi connectivity index (χ1) is 9.02. The van der Waals surface area contributed by atoms with E-state index in [0.717, 1.165) is 19.3 Å². The van der Waals surface area contributed by atoms with Crippen LogP contribution in [0.4, 0.5) is 0 Å². The van der Waals surface area contributed by atoms with Crippen molar-refractivity contribution in [1.82, 2.24) is 0 Å². The summed E-state index contributed by atoms with van der Waals surface area (Å²) in [7, 11) is 0. The molecule has 1 atom stereocenters. The van der Waals surface area contributed by atoms with Crippen LogP contribution in [0.2, 0.25) is 0 Å². The van der Waals surface area contributed by atoms with Gasteiger partial charge in [0.15, 0.2) is 0 Å². The van der Waals surface area contributed by atoms with Gasteiger partial charge in [-0.3, -0.25) is 4.79 Å². The van der Waals surface area contributed by atoms with Crippen LogP contribution in [0, 0.1) is 0 Å². The van der Waals surface area contributed by atoms with Gasteiger partial charge in [0, 0.05) is 13.3 Å². The lowest BCUT2D eigenvalue weighted by Crippen LogP contribution is -2.35. The molecule has 0 aliphatic heterocycles. The molecule has 0 rings (SSSR count). The van der Waals surface area contributed by atoms with Gasteiger partial charge in [-0.25, -0.2) is 0 Å². The molecule has 4 nitrogen and oxygen atoms in total. The second-order valence-electron chi connectivity index (χ2n) is 5.39. The van der Waals surface area contributed by atoms with E-state index in [9.17, 15) is 9.90 Å². The first kappa shape index (κ1) is 18.4. The number of hydrogen-bond donors (Lipinski definition) is 2. The molecule has 0 aromatic heterocycles. The minimum Gasteiger partial charge on any atom is -0.431 e. The van der Waals surface area contributed by atoms with Crippen LogP contribution in [-0.4, -0.2) is 28.6 Å². The van der Waals surface area contributed by atoms with E-state index in [1.165, 1.54) is 45.4 Å². The predicted molar refractivity (Wildman–Crippen MR) is 75.6 cm³/mol. The molecule has 114 valence electrons. The molecule has 0 spiro atoms. The maximum absolute atomic E-state index is 11.3. The lowest BCUT2D eigenvalue weighted by molar-refractivity contribution is -0.214. The lowest BCUT2D eigenvalue weighted by Gasteiger charge is -2.20. The predicted octanol–water partition coefficient (Wildman–Crippen LogP) is 3.15. The Balaban J connectivity index is 3.32. The fraction of sp³-hybridized carbons (Fsp3) is 0.933. The van der Waals surface area contributed by atoms with E-state index < -0.39 is 18.4 Å². The van der Waals surface area contributed by atoms with Gasteiger partial charge >= 0.3 is 5.97 Å². The van der Waals surface area contributed by atoms with Crippen LogP contribution >= 0.6 is 0 Å². The van der Waals surface area contributed by atoms with Gasteiger partial charge in [-0.2, -0.15) is 0 Å².